The van der Waals surface area contributed by atoms with E-state index >= 15 is 0 Å². The van der Waals surface area contributed by atoms with Crippen LogP contribution >= 0.6 is 0 Å². The molecule has 0 aromatic carbocycles. The van der Waals surface area contributed by atoms with Crippen LogP contribution in [0.5, 0.6) is 0 Å². The Morgan fingerprint density at radius 2 is 1.70 bits per heavy atom. The van der Waals surface area contributed by atoms with Gasteiger partial charge in [-0.1, -0.05) is 6.92 Å². The molecule has 0 aliphatic carbocycles. The maximum atomic E-state index is 12.2. The van der Waals surface area contributed by atoms with Crippen LogP contribution in [0.15, 0.2) is 0 Å². The fourth-order valence-electron chi connectivity index (χ4n) is 3.35. The smallest absolute Gasteiger partial charge is 0.223 e. The van der Waals surface area contributed by atoms with Gasteiger partial charge in [-0.15, -0.1) is 0 Å². The first-order valence-electron chi connectivity index (χ1n) is 8.90. The largest absolute Gasteiger partial charge is 0.355 e. The number of hydrogen-bond acceptors (Lipinski definition) is 4. The Kier molecular flexibility index (Phi) is 6.85. The second kappa shape index (κ2) is 8.44. The first kappa shape index (κ1) is 18.7. The van der Waals surface area contributed by atoms with Crippen molar-refractivity contribution in [1.82, 2.24) is 14.5 Å². The van der Waals surface area contributed by atoms with Crippen LogP contribution in [0.1, 0.15) is 39.5 Å². The highest BCUT2D eigenvalue weighted by atomic mass is 32.2. The van der Waals surface area contributed by atoms with Gasteiger partial charge in [-0.3, -0.25) is 4.79 Å². The minimum atomic E-state index is -3.11. The van der Waals surface area contributed by atoms with Crippen molar-refractivity contribution in [2.24, 2.45) is 11.8 Å². The molecule has 2 heterocycles. The van der Waals surface area contributed by atoms with Crippen molar-refractivity contribution in [3.05, 3.63) is 0 Å². The molecule has 1 amide bonds. The summed E-state index contributed by atoms with van der Waals surface area (Å²) in [6.45, 7) is 8.77. The van der Waals surface area contributed by atoms with Crippen LogP contribution in [-0.2, 0) is 14.8 Å². The number of nitrogens with zero attached hydrogens (tertiary/aromatic N) is 2. The standard InChI is InChI=1S/C16H31N3O3S/c1-3-23(21,22)19-11-6-15(7-12-19)16(20)17-8-13-18-9-4-14(2)5-10-18/h14-15H,3-13H2,1-2H3,(H,17,20). The van der Waals surface area contributed by atoms with Crippen molar-refractivity contribution in [1.29, 1.82) is 0 Å². The molecular formula is C16H31N3O3S. The van der Waals surface area contributed by atoms with E-state index < -0.39 is 10.0 Å². The Morgan fingerprint density at radius 1 is 1.09 bits per heavy atom. The average Bonchev–Trinajstić information content (AvgIpc) is 2.56. The van der Waals surface area contributed by atoms with Crippen molar-refractivity contribution >= 4 is 15.9 Å². The van der Waals surface area contributed by atoms with E-state index in [2.05, 4.69) is 17.1 Å². The van der Waals surface area contributed by atoms with E-state index in [0.717, 1.165) is 25.6 Å². The lowest BCUT2D eigenvalue weighted by Gasteiger charge is -2.31. The van der Waals surface area contributed by atoms with Crippen LogP contribution in [0.4, 0.5) is 0 Å². The molecule has 0 unspecified atom stereocenters. The Hall–Kier alpha value is -0.660. The number of nitrogens with one attached hydrogen (secondary N) is 1. The van der Waals surface area contributed by atoms with E-state index in [1.807, 2.05) is 0 Å². The predicted molar refractivity (Wildman–Crippen MR) is 91.6 cm³/mol. The molecule has 134 valence electrons. The fourth-order valence-corrected chi connectivity index (χ4v) is 4.48. The molecule has 7 heteroatoms. The topological polar surface area (TPSA) is 69.7 Å². The highest BCUT2D eigenvalue weighted by Crippen LogP contribution is 2.20. The molecule has 2 saturated heterocycles. The first-order chi connectivity index (χ1) is 10.9. The lowest BCUT2D eigenvalue weighted by Crippen LogP contribution is -2.45. The number of sulfonamides is 1. The first-order valence-corrected chi connectivity index (χ1v) is 10.5. The number of carbonyl (C=O) groups excluding carboxylic acids is 1. The summed E-state index contributed by atoms with van der Waals surface area (Å²) in [5, 5.41) is 3.03. The molecule has 2 aliphatic rings. The summed E-state index contributed by atoms with van der Waals surface area (Å²) in [7, 11) is -3.11. The van der Waals surface area contributed by atoms with Gasteiger partial charge >= 0.3 is 0 Å². The highest BCUT2D eigenvalue weighted by Gasteiger charge is 2.30. The molecule has 0 saturated carbocycles. The average molecular weight is 346 g/mol. The Morgan fingerprint density at radius 3 is 2.26 bits per heavy atom. The summed E-state index contributed by atoms with van der Waals surface area (Å²) in [6.07, 6.45) is 3.76. The maximum Gasteiger partial charge on any atom is 0.223 e. The number of hydrogen-bond donors (Lipinski definition) is 1. The lowest BCUT2D eigenvalue weighted by atomic mass is 9.97. The van der Waals surface area contributed by atoms with Gasteiger partial charge < -0.3 is 10.2 Å². The zero-order valence-corrected chi connectivity index (χ0v) is 15.3. The Balaban J connectivity index is 1.65. The van der Waals surface area contributed by atoms with Gasteiger partial charge in [0.15, 0.2) is 0 Å². The van der Waals surface area contributed by atoms with Gasteiger partial charge in [-0.2, -0.15) is 0 Å². The van der Waals surface area contributed by atoms with Crippen molar-refractivity contribution < 1.29 is 13.2 Å². The van der Waals surface area contributed by atoms with Gasteiger partial charge in [-0.05, 0) is 51.6 Å². The third-order valence-corrected chi connectivity index (χ3v) is 7.07. The molecule has 0 spiro atoms. The summed E-state index contributed by atoms with van der Waals surface area (Å²) in [5.41, 5.74) is 0. The van der Waals surface area contributed by atoms with Crippen molar-refractivity contribution in [3.8, 4) is 0 Å². The molecule has 0 atom stereocenters. The molecule has 1 N–H and O–H groups in total. The van der Waals surface area contributed by atoms with E-state index in [4.69, 9.17) is 0 Å². The molecule has 2 rings (SSSR count). The molecule has 0 radical (unpaired) electrons. The van der Waals surface area contributed by atoms with Crippen LogP contribution < -0.4 is 5.32 Å². The highest BCUT2D eigenvalue weighted by molar-refractivity contribution is 7.89. The molecule has 2 fully saturated rings. The van der Waals surface area contributed by atoms with Gasteiger partial charge in [0, 0.05) is 32.1 Å². The molecular weight excluding hydrogens is 314 g/mol. The SMILES string of the molecule is CCS(=O)(=O)N1CCC(C(=O)NCCN2CCC(C)CC2)CC1. The van der Waals surface area contributed by atoms with Crippen LogP contribution in [0, 0.1) is 11.8 Å². The summed E-state index contributed by atoms with van der Waals surface area (Å²) < 4.78 is 25.2. The van der Waals surface area contributed by atoms with E-state index in [9.17, 15) is 13.2 Å². The number of likely N-dealkylation sites (tertiary alicyclic amines) is 1. The normalized spacial score (nSPS) is 23.0. The monoisotopic (exact) mass is 345 g/mol. The molecule has 0 aromatic rings. The number of amides is 1. The zero-order valence-electron chi connectivity index (χ0n) is 14.5. The molecule has 2 aliphatic heterocycles. The van der Waals surface area contributed by atoms with Crippen molar-refractivity contribution in [2.45, 2.75) is 39.5 Å². The van der Waals surface area contributed by atoms with E-state index in [1.54, 1.807) is 6.92 Å². The van der Waals surface area contributed by atoms with Gasteiger partial charge in [0.2, 0.25) is 15.9 Å². The lowest BCUT2D eigenvalue weighted by molar-refractivity contribution is -0.126. The van der Waals surface area contributed by atoms with Crippen LogP contribution in [0.25, 0.3) is 0 Å². The molecule has 23 heavy (non-hydrogen) atoms. The van der Waals surface area contributed by atoms with Gasteiger partial charge in [-0.25, -0.2) is 12.7 Å². The molecule has 0 bridgehead atoms. The van der Waals surface area contributed by atoms with Gasteiger partial charge in [0.25, 0.3) is 0 Å². The number of piperidine rings is 2. The van der Waals surface area contributed by atoms with Crippen LogP contribution in [0.2, 0.25) is 0 Å². The second-order valence-electron chi connectivity index (χ2n) is 6.89. The fraction of sp³-hybridized carbons (Fsp3) is 0.938. The minimum absolute atomic E-state index is 0.0420. The third-order valence-electron chi connectivity index (χ3n) is 5.19. The quantitative estimate of drug-likeness (QED) is 0.776. The minimum Gasteiger partial charge on any atom is -0.355 e. The van der Waals surface area contributed by atoms with E-state index in [1.165, 1.54) is 17.1 Å². The van der Waals surface area contributed by atoms with Gasteiger partial charge in [0.05, 0.1) is 5.75 Å². The van der Waals surface area contributed by atoms with E-state index in [0.29, 0.717) is 32.5 Å². The summed E-state index contributed by atoms with van der Waals surface area (Å²) in [6, 6.07) is 0. The summed E-state index contributed by atoms with van der Waals surface area (Å²) in [4.78, 5) is 14.6. The zero-order chi connectivity index (χ0) is 16.9. The van der Waals surface area contributed by atoms with Gasteiger partial charge in [0.1, 0.15) is 0 Å². The molecule has 6 nitrogen and oxygen atoms in total. The number of rotatable bonds is 6. The Labute approximate surface area is 140 Å². The van der Waals surface area contributed by atoms with Crippen molar-refractivity contribution in [2.75, 3.05) is 45.0 Å². The summed E-state index contributed by atoms with van der Waals surface area (Å²) >= 11 is 0. The van der Waals surface area contributed by atoms with E-state index in [-0.39, 0.29) is 17.6 Å². The third kappa shape index (κ3) is 5.43. The Bertz CT molecular complexity index is 479. The van der Waals surface area contributed by atoms with Crippen LogP contribution in [-0.4, -0.2) is 68.6 Å². The van der Waals surface area contributed by atoms with Crippen LogP contribution in [0.3, 0.4) is 0 Å². The van der Waals surface area contributed by atoms with Crippen molar-refractivity contribution in [3.63, 3.8) is 0 Å². The number of carbonyl (C=O) groups is 1. The maximum absolute atomic E-state index is 12.2. The molecule has 0 aromatic heterocycles. The predicted octanol–water partition coefficient (Wildman–Crippen LogP) is 0.896. The summed E-state index contributed by atoms with van der Waals surface area (Å²) in [5.74, 6) is 1.01. The second-order valence-corrected chi connectivity index (χ2v) is 9.15.